The number of amides is 1. The minimum absolute atomic E-state index is 0.00711. The summed E-state index contributed by atoms with van der Waals surface area (Å²) in [4.78, 5) is 13.7. The minimum atomic E-state index is -0.292. The Labute approximate surface area is 97.2 Å². The van der Waals surface area contributed by atoms with E-state index in [1.54, 1.807) is 4.90 Å². The second-order valence-electron chi connectivity index (χ2n) is 5.13. The molecule has 90 valence electrons. The molecule has 0 saturated heterocycles. The molecule has 1 amide bonds. The van der Waals surface area contributed by atoms with Crippen LogP contribution in [0.25, 0.3) is 0 Å². The molecule has 0 heterocycles. The summed E-state index contributed by atoms with van der Waals surface area (Å²) in [5.74, 6) is 0.00711. The SMILES string of the molecule is CC(C)(C)OCC(=O)N(CCC#N)C1CC1. The van der Waals surface area contributed by atoms with Gasteiger partial charge in [-0.3, -0.25) is 4.79 Å². The number of hydrogen-bond donors (Lipinski definition) is 0. The molecule has 0 spiro atoms. The van der Waals surface area contributed by atoms with Gasteiger partial charge in [-0.1, -0.05) is 0 Å². The van der Waals surface area contributed by atoms with Crippen molar-refractivity contribution in [2.24, 2.45) is 0 Å². The molecule has 0 aromatic rings. The standard InChI is InChI=1S/C12H20N2O2/c1-12(2,3)16-9-11(15)14(8-4-7-13)10-5-6-10/h10H,4-6,8-9H2,1-3H3. The van der Waals surface area contributed by atoms with Crippen LogP contribution in [0.2, 0.25) is 0 Å². The van der Waals surface area contributed by atoms with E-state index < -0.39 is 0 Å². The van der Waals surface area contributed by atoms with Crippen molar-refractivity contribution < 1.29 is 9.53 Å². The predicted molar refractivity (Wildman–Crippen MR) is 60.7 cm³/mol. The van der Waals surface area contributed by atoms with E-state index >= 15 is 0 Å². The molecule has 1 aliphatic rings. The van der Waals surface area contributed by atoms with Crippen LogP contribution in [0.1, 0.15) is 40.0 Å². The number of nitrogens with zero attached hydrogens (tertiary/aromatic N) is 2. The molecule has 0 atom stereocenters. The van der Waals surface area contributed by atoms with Gasteiger partial charge in [0.1, 0.15) is 6.61 Å². The second-order valence-corrected chi connectivity index (χ2v) is 5.13. The average Bonchev–Trinajstić information content (AvgIpc) is 2.98. The number of carbonyl (C=O) groups is 1. The van der Waals surface area contributed by atoms with E-state index in [2.05, 4.69) is 6.07 Å². The highest BCUT2D eigenvalue weighted by molar-refractivity contribution is 5.78. The van der Waals surface area contributed by atoms with Crippen LogP contribution in [0.5, 0.6) is 0 Å². The smallest absolute Gasteiger partial charge is 0.248 e. The van der Waals surface area contributed by atoms with E-state index in [4.69, 9.17) is 10.00 Å². The maximum absolute atomic E-state index is 11.9. The van der Waals surface area contributed by atoms with E-state index in [-0.39, 0.29) is 18.1 Å². The highest BCUT2D eigenvalue weighted by Crippen LogP contribution is 2.27. The Balaban J connectivity index is 2.39. The zero-order chi connectivity index (χ0) is 12.2. The van der Waals surface area contributed by atoms with E-state index in [9.17, 15) is 4.79 Å². The van der Waals surface area contributed by atoms with E-state index in [0.717, 1.165) is 12.8 Å². The zero-order valence-corrected chi connectivity index (χ0v) is 10.3. The lowest BCUT2D eigenvalue weighted by Gasteiger charge is -2.24. The van der Waals surface area contributed by atoms with Gasteiger partial charge in [-0.15, -0.1) is 0 Å². The molecule has 0 N–H and O–H groups in total. The van der Waals surface area contributed by atoms with Crippen molar-refractivity contribution in [1.29, 1.82) is 5.26 Å². The highest BCUT2D eigenvalue weighted by Gasteiger charge is 2.32. The van der Waals surface area contributed by atoms with Crippen LogP contribution in [-0.4, -0.2) is 35.6 Å². The molecule has 0 aromatic carbocycles. The minimum Gasteiger partial charge on any atom is -0.366 e. The third-order valence-electron chi connectivity index (χ3n) is 2.40. The Hall–Kier alpha value is -1.08. The molecule has 1 saturated carbocycles. The number of hydrogen-bond acceptors (Lipinski definition) is 3. The van der Waals surface area contributed by atoms with Gasteiger partial charge < -0.3 is 9.64 Å². The lowest BCUT2D eigenvalue weighted by atomic mass is 10.2. The van der Waals surface area contributed by atoms with Crippen molar-refractivity contribution in [3.05, 3.63) is 0 Å². The molecule has 0 radical (unpaired) electrons. The largest absolute Gasteiger partial charge is 0.366 e. The lowest BCUT2D eigenvalue weighted by molar-refractivity contribution is -0.141. The van der Waals surface area contributed by atoms with Crippen LogP contribution in [0.4, 0.5) is 0 Å². The van der Waals surface area contributed by atoms with Crippen LogP contribution in [0.3, 0.4) is 0 Å². The summed E-state index contributed by atoms with van der Waals surface area (Å²) in [6.07, 6.45) is 2.52. The maximum Gasteiger partial charge on any atom is 0.248 e. The summed E-state index contributed by atoms with van der Waals surface area (Å²) in [6, 6.07) is 2.42. The first kappa shape index (κ1) is 13.0. The number of nitriles is 1. The molecular formula is C12H20N2O2. The Kier molecular flexibility index (Phi) is 4.31. The molecule has 16 heavy (non-hydrogen) atoms. The maximum atomic E-state index is 11.9. The third kappa shape index (κ3) is 4.63. The molecule has 0 aromatic heterocycles. The first-order chi connectivity index (χ1) is 7.44. The summed E-state index contributed by atoms with van der Waals surface area (Å²) in [6.45, 7) is 6.43. The molecule has 4 nitrogen and oxygen atoms in total. The molecular weight excluding hydrogens is 204 g/mol. The normalized spacial score (nSPS) is 15.6. The van der Waals surface area contributed by atoms with Gasteiger partial charge in [-0.2, -0.15) is 5.26 Å². The van der Waals surface area contributed by atoms with Crippen LogP contribution in [0, 0.1) is 11.3 Å². The first-order valence-corrected chi connectivity index (χ1v) is 5.74. The third-order valence-corrected chi connectivity index (χ3v) is 2.40. The van der Waals surface area contributed by atoms with Crippen LogP contribution in [-0.2, 0) is 9.53 Å². The fraction of sp³-hybridized carbons (Fsp3) is 0.833. The van der Waals surface area contributed by atoms with Crippen LogP contribution < -0.4 is 0 Å². The van der Waals surface area contributed by atoms with Crippen LogP contribution in [0.15, 0.2) is 0 Å². The van der Waals surface area contributed by atoms with Gasteiger partial charge in [0.05, 0.1) is 18.1 Å². The van der Waals surface area contributed by atoms with Crippen molar-refractivity contribution in [1.82, 2.24) is 4.90 Å². The monoisotopic (exact) mass is 224 g/mol. The Morgan fingerprint density at radius 2 is 2.12 bits per heavy atom. The zero-order valence-electron chi connectivity index (χ0n) is 10.3. The Morgan fingerprint density at radius 3 is 2.56 bits per heavy atom. The van der Waals surface area contributed by atoms with Crippen molar-refractivity contribution in [2.75, 3.05) is 13.2 Å². The summed E-state index contributed by atoms with van der Waals surface area (Å²) in [5, 5.41) is 8.54. The Bertz CT molecular complexity index is 284. The van der Waals surface area contributed by atoms with Crippen molar-refractivity contribution in [3.63, 3.8) is 0 Å². The molecule has 0 bridgehead atoms. The van der Waals surface area contributed by atoms with Gasteiger partial charge in [-0.25, -0.2) is 0 Å². The fourth-order valence-electron chi connectivity index (χ4n) is 1.43. The van der Waals surface area contributed by atoms with Gasteiger partial charge >= 0.3 is 0 Å². The lowest BCUT2D eigenvalue weighted by Crippen LogP contribution is -2.38. The summed E-state index contributed by atoms with van der Waals surface area (Å²) in [7, 11) is 0. The van der Waals surface area contributed by atoms with E-state index in [0.29, 0.717) is 19.0 Å². The predicted octanol–water partition coefficient (Wildman–Crippen LogP) is 1.71. The average molecular weight is 224 g/mol. The summed E-state index contributed by atoms with van der Waals surface area (Å²) in [5.41, 5.74) is -0.292. The topological polar surface area (TPSA) is 53.3 Å². The van der Waals surface area contributed by atoms with E-state index in [1.165, 1.54) is 0 Å². The van der Waals surface area contributed by atoms with Gasteiger partial charge in [0, 0.05) is 12.6 Å². The van der Waals surface area contributed by atoms with Crippen molar-refractivity contribution >= 4 is 5.91 Å². The van der Waals surface area contributed by atoms with Gasteiger partial charge in [0.2, 0.25) is 5.91 Å². The number of rotatable bonds is 5. The molecule has 0 aliphatic heterocycles. The number of carbonyl (C=O) groups excluding carboxylic acids is 1. The van der Waals surface area contributed by atoms with Crippen molar-refractivity contribution in [2.45, 2.75) is 51.7 Å². The summed E-state index contributed by atoms with van der Waals surface area (Å²) < 4.78 is 5.46. The molecule has 1 rings (SSSR count). The molecule has 0 unspecified atom stereocenters. The van der Waals surface area contributed by atoms with E-state index in [1.807, 2.05) is 20.8 Å². The Morgan fingerprint density at radius 1 is 1.50 bits per heavy atom. The quantitative estimate of drug-likeness (QED) is 0.714. The molecule has 1 fully saturated rings. The molecule has 4 heteroatoms. The highest BCUT2D eigenvalue weighted by atomic mass is 16.5. The van der Waals surface area contributed by atoms with Gasteiger partial charge in [0.15, 0.2) is 0 Å². The number of ether oxygens (including phenoxy) is 1. The van der Waals surface area contributed by atoms with Gasteiger partial charge in [0.25, 0.3) is 0 Å². The van der Waals surface area contributed by atoms with Gasteiger partial charge in [-0.05, 0) is 33.6 Å². The summed E-state index contributed by atoms with van der Waals surface area (Å²) >= 11 is 0. The first-order valence-electron chi connectivity index (χ1n) is 5.74. The molecule has 1 aliphatic carbocycles. The second kappa shape index (κ2) is 5.31. The fourth-order valence-corrected chi connectivity index (χ4v) is 1.43. The van der Waals surface area contributed by atoms with Crippen molar-refractivity contribution in [3.8, 4) is 6.07 Å². The van der Waals surface area contributed by atoms with Crippen LogP contribution >= 0.6 is 0 Å².